The molecule has 1 amide bonds. The van der Waals surface area contributed by atoms with Crippen LogP contribution in [0.5, 0.6) is 0 Å². The van der Waals surface area contributed by atoms with Crippen LogP contribution in [0.2, 0.25) is 0 Å². The van der Waals surface area contributed by atoms with Crippen LogP contribution < -0.4 is 11.1 Å². The Bertz CT molecular complexity index is 206. The van der Waals surface area contributed by atoms with E-state index in [0.29, 0.717) is 12.8 Å². The lowest BCUT2D eigenvalue weighted by atomic mass is 10.1. The van der Waals surface area contributed by atoms with Crippen molar-refractivity contribution in [1.29, 1.82) is 0 Å². The van der Waals surface area contributed by atoms with Crippen molar-refractivity contribution >= 4 is 11.9 Å². The molecule has 1 unspecified atom stereocenters. The normalized spacial score (nSPS) is 14.5. The van der Waals surface area contributed by atoms with Gasteiger partial charge in [0.2, 0.25) is 5.91 Å². The Balaban J connectivity index is 3.91. The molecule has 0 aromatic carbocycles. The molecule has 0 aromatic rings. The van der Waals surface area contributed by atoms with Gasteiger partial charge in [0.05, 0.1) is 12.0 Å². The van der Waals surface area contributed by atoms with Gasteiger partial charge in [-0.25, -0.2) is 0 Å². The number of hydrogen-bond acceptors (Lipinski definition) is 3. The van der Waals surface area contributed by atoms with Gasteiger partial charge in [0.15, 0.2) is 0 Å². The molecule has 0 heterocycles. The van der Waals surface area contributed by atoms with Crippen LogP contribution in [0, 0.1) is 5.92 Å². The van der Waals surface area contributed by atoms with Gasteiger partial charge in [0.1, 0.15) is 0 Å². The second-order valence-electron chi connectivity index (χ2n) is 3.20. The number of nitrogens with one attached hydrogen (secondary N) is 1. The summed E-state index contributed by atoms with van der Waals surface area (Å²) in [4.78, 5) is 21.8. The zero-order valence-electron chi connectivity index (χ0n) is 8.62. The van der Waals surface area contributed by atoms with E-state index in [0.717, 1.165) is 0 Å². The second kappa shape index (κ2) is 6.37. The molecular formula is C9H18N2O3. The maximum atomic E-state index is 11.2. The van der Waals surface area contributed by atoms with E-state index in [-0.39, 0.29) is 12.5 Å². The predicted octanol–water partition coefficient (Wildman–Crippen LogP) is -0.0493. The number of aliphatic carboxylic acids is 1. The molecule has 0 rings (SSSR count). The lowest BCUT2D eigenvalue weighted by molar-refractivity contribution is -0.141. The third kappa shape index (κ3) is 4.23. The number of carbonyl (C=O) groups excluding carboxylic acids is 1. The Morgan fingerprint density at radius 1 is 1.36 bits per heavy atom. The Morgan fingerprint density at radius 3 is 2.29 bits per heavy atom. The molecule has 0 spiro atoms. The summed E-state index contributed by atoms with van der Waals surface area (Å²) in [7, 11) is 0. The van der Waals surface area contributed by atoms with Crippen molar-refractivity contribution in [1.82, 2.24) is 5.32 Å². The van der Waals surface area contributed by atoms with Gasteiger partial charge in [0, 0.05) is 6.54 Å². The molecule has 5 heteroatoms. The fraction of sp³-hybridized carbons (Fsp3) is 0.778. The number of amides is 1. The Labute approximate surface area is 83.7 Å². The first-order valence-electron chi connectivity index (χ1n) is 4.79. The molecule has 0 aliphatic heterocycles. The van der Waals surface area contributed by atoms with E-state index < -0.39 is 17.9 Å². The first-order valence-corrected chi connectivity index (χ1v) is 4.79. The lowest BCUT2D eigenvalue weighted by Gasteiger charge is -2.13. The zero-order valence-corrected chi connectivity index (χ0v) is 8.62. The van der Waals surface area contributed by atoms with Gasteiger partial charge in [-0.1, -0.05) is 13.8 Å². The quantitative estimate of drug-likeness (QED) is 0.563. The summed E-state index contributed by atoms with van der Waals surface area (Å²) in [5, 5.41) is 11.2. The standard InChI is InChI=1S/C9H18N2O3/c1-3-6(9(13)14)5-11-8(12)7(10)4-2/h6-7H,3-5,10H2,1-2H3,(H,11,12)(H,13,14)/t6?,7-/m0/s1. The molecular weight excluding hydrogens is 184 g/mol. The SMILES string of the molecule is CCC(CNC(=O)[C@@H](N)CC)C(=O)O. The summed E-state index contributed by atoms with van der Waals surface area (Å²) < 4.78 is 0. The second-order valence-corrected chi connectivity index (χ2v) is 3.20. The molecule has 4 N–H and O–H groups in total. The maximum absolute atomic E-state index is 11.2. The molecule has 0 saturated carbocycles. The highest BCUT2D eigenvalue weighted by Gasteiger charge is 2.17. The minimum atomic E-state index is -0.891. The summed E-state index contributed by atoms with van der Waals surface area (Å²) >= 11 is 0. The van der Waals surface area contributed by atoms with Crippen LogP contribution in [0.15, 0.2) is 0 Å². The van der Waals surface area contributed by atoms with Crippen LogP contribution >= 0.6 is 0 Å². The van der Waals surface area contributed by atoms with E-state index in [2.05, 4.69) is 5.32 Å². The average molecular weight is 202 g/mol. The van der Waals surface area contributed by atoms with Gasteiger partial charge in [-0.15, -0.1) is 0 Å². The molecule has 14 heavy (non-hydrogen) atoms. The predicted molar refractivity (Wildman–Crippen MR) is 52.7 cm³/mol. The van der Waals surface area contributed by atoms with E-state index in [4.69, 9.17) is 10.8 Å². The summed E-state index contributed by atoms with van der Waals surface area (Å²) in [6, 6.07) is -0.540. The zero-order chi connectivity index (χ0) is 11.1. The molecule has 0 saturated heterocycles. The first kappa shape index (κ1) is 12.9. The molecule has 82 valence electrons. The summed E-state index contributed by atoms with van der Waals surface area (Å²) in [5.74, 6) is -1.70. The van der Waals surface area contributed by atoms with Crippen LogP contribution in [0.3, 0.4) is 0 Å². The van der Waals surface area contributed by atoms with E-state index in [1.165, 1.54) is 0 Å². The summed E-state index contributed by atoms with van der Waals surface area (Å²) in [6.45, 7) is 3.72. The largest absolute Gasteiger partial charge is 0.481 e. The number of hydrogen-bond donors (Lipinski definition) is 3. The van der Waals surface area contributed by atoms with Gasteiger partial charge in [0.25, 0.3) is 0 Å². The lowest BCUT2D eigenvalue weighted by Crippen LogP contribution is -2.42. The van der Waals surface area contributed by atoms with E-state index in [1.807, 2.05) is 0 Å². The average Bonchev–Trinajstić information content (AvgIpc) is 2.16. The maximum Gasteiger partial charge on any atom is 0.308 e. The number of carboxylic acids is 1. The van der Waals surface area contributed by atoms with Crippen molar-refractivity contribution in [3.8, 4) is 0 Å². The number of rotatable bonds is 6. The van der Waals surface area contributed by atoms with Crippen LogP contribution in [0.25, 0.3) is 0 Å². The first-order chi connectivity index (χ1) is 6.52. The number of nitrogens with two attached hydrogens (primary N) is 1. The summed E-state index contributed by atoms with van der Waals surface area (Å²) in [5.41, 5.74) is 5.46. The molecule has 2 atom stereocenters. The van der Waals surface area contributed by atoms with Gasteiger partial charge in [-0.2, -0.15) is 0 Å². The van der Waals surface area contributed by atoms with E-state index >= 15 is 0 Å². The number of carbonyl (C=O) groups is 2. The Morgan fingerprint density at radius 2 is 1.93 bits per heavy atom. The monoisotopic (exact) mass is 202 g/mol. The molecule has 0 fully saturated rings. The highest BCUT2D eigenvalue weighted by atomic mass is 16.4. The third-order valence-electron chi connectivity index (χ3n) is 2.14. The molecule has 5 nitrogen and oxygen atoms in total. The summed E-state index contributed by atoms with van der Waals surface area (Å²) in [6.07, 6.45) is 1.05. The van der Waals surface area contributed by atoms with Crippen molar-refractivity contribution in [3.63, 3.8) is 0 Å². The molecule has 0 aromatic heterocycles. The minimum Gasteiger partial charge on any atom is -0.481 e. The highest BCUT2D eigenvalue weighted by Crippen LogP contribution is 2.00. The van der Waals surface area contributed by atoms with Crippen LogP contribution in [0.1, 0.15) is 26.7 Å². The van der Waals surface area contributed by atoms with Crippen molar-refractivity contribution < 1.29 is 14.7 Å². The fourth-order valence-electron chi connectivity index (χ4n) is 0.947. The number of carboxylic acid groups (broad SMARTS) is 1. The van der Waals surface area contributed by atoms with Crippen molar-refractivity contribution in [2.45, 2.75) is 32.7 Å². The van der Waals surface area contributed by atoms with Crippen LogP contribution in [-0.4, -0.2) is 29.6 Å². The molecule has 0 aliphatic rings. The van der Waals surface area contributed by atoms with Gasteiger partial charge in [-0.3, -0.25) is 9.59 Å². The molecule has 0 bridgehead atoms. The van der Waals surface area contributed by atoms with Crippen molar-refractivity contribution in [2.24, 2.45) is 11.7 Å². The van der Waals surface area contributed by atoms with Crippen LogP contribution in [0.4, 0.5) is 0 Å². The molecule has 0 radical (unpaired) electrons. The molecule has 0 aliphatic carbocycles. The van der Waals surface area contributed by atoms with Gasteiger partial charge < -0.3 is 16.2 Å². The van der Waals surface area contributed by atoms with Gasteiger partial charge in [-0.05, 0) is 12.8 Å². The minimum absolute atomic E-state index is 0.151. The third-order valence-corrected chi connectivity index (χ3v) is 2.14. The highest BCUT2D eigenvalue weighted by molar-refractivity contribution is 5.82. The van der Waals surface area contributed by atoms with Crippen molar-refractivity contribution in [2.75, 3.05) is 6.54 Å². The van der Waals surface area contributed by atoms with Gasteiger partial charge >= 0.3 is 5.97 Å². The van der Waals surface area contributed by atoms with Crippen LogP contribution in [-0.2, 0) is 9.59 Å². The smallest absolute Gasteiger partial charge is 0.308 e. The van der Waals surface area contributed by atoms with E-state index in [9.17, 15) is 9.59 Å². The Kier molecular flexibility index (Phi) is 5.87. The topological polar surface area (TPSA) is 92.4 Å². The fourth-order valence-corrected chi connectivity index (χ4v) is 0.947. The van der Waals surface area contributed by atoms with Crippen molar-refractivity contribution in [3.05, 3.63) is 0 Å². The Hall–Kier alpha value is -1.10. The van der Waals surface area contributed by atoms with E-state index in [1.54, 1.807) is 13.8 Å².